The van der Waals surface area contributed by atoms with Crippen LogP contribution >= 0.6 is 12.2 Å². The Bertz CT molecular complexity index is 474. The van der Waals surface area contributed by atoms with Crippen molar-refractivity contribution in [2.75, 3.05) is 13.8 Å². The molecule has 2 rings (SSSR count). The Morgan fingerprint density at radius 1 is 1.35 bits per heavy atom. The molecule has 1 aromatic rings. The molecule has 1 heterocycles. The number of fused-ring (bicyclic) bond motifs is 1. The third-order valence-electron chi connectivity index (χ3n) is 2.34. The van der Waals surface area contributed by atoms with Gasteiger partial charge in [0.15, 0.2) is 16.6 Å². The molecular formula is C11H13N3O2S. The van der Waals surface area contributed by atoms with Crippen molar-refractivity contribution in [1.29, 1.82) is 0 Å². The zero-order valence-corrected chi connectivity index (χ0v) is 10.4. The van der Waals surface area contributed by atoms with E-state index >= 15 is 0 Å². The summed E-state index contributed by atoms with van der Waals surface area (Å²) in [7, 11) is 1.74. The fourth-order valence-electron chi connectivity index (χ4n) is 1.38. The van der Waals surface area contributed by atoms with Gasteiger partial charge in [0, 0.05) is 12.6 Å². The lowest BCUT2D eigenvalue weighted by Crippen LogP contribution is -2.29. The van der Waals surface area contributed by atoms with Crippen molar-refractivity contribution in [2.24, 2.45) is 5.10 Å². The number of thiocarbonyl (C=S) groups is 1. The summed E-state index contributed by atoms with van der Waals surface area (Å²) in [5.41, 5.74) is 4.51. The van der Waals surface area contributed by atoms with Crippen LogP contribution in [-0.4, -0.2) is 24.7 Å². The van der Waals surface area contributed by atoms with Crippen LogP contribution in [0.3, 0.4) is 0 Å². The number of hydrazone groups is 1. The average Bonchev–Trinajstić information content (AvgIpc) is 2.82. The Morgan fingerprint density at radius 3 is 2.88 bits per heavy atom. The minimum Gasteiger partial charge on any atom is -0.454 e. The van der Waals surface area contributed by atoms with Crippen molar-refractivity contribution in [3.8, 4) is 11.5 Å². The average molecular weight is 251 g/mol. The highest BCUT2D eigenvalue weighted by Gasteiger charge is 2.13. The van der Waals surface area contributed by atoms with Crippen LogP contribution in [0.1, 0.15) is 12.5 Å². The Balaban J connectivity index is 2.14. The van der Waals surface area contributed by atoms with Crippen molar-refractivity contribution in [2.45, 2.75) is 6.92 Å². The van der Waals surface area contributed by atoms with Crippen LogP contribution < -0.4 is 20.2 Å². The predicted octanol–water partition coefficient (Wildman–Crippen LogP) is 1.23. The van der Waals surface area contributed by atoms with Crippen molar-refractivity contribution in [1.82, 2.24) is 10.7 Å². The van der Waals surface area contributed by atoms with E-state index in [1.165, 1.54) is 0 Å². The molecule has 0 fully saturated rings. The second kappa shape index (κ2) is 5.01. The number of rotatable bonds is 2. The first-order valence-electron chi connectivity index (χ1n) is 5.12. The van der Waals surface area contributed by atoms with Crippen molar-refractivity contribution in [3.05, 3.63) is 23.8 Å². The second-order valence-corrected chi connectivity index (χ2v) is 3.86. The van der Waals surface area contributed by atoms with Gasteiger partial charge in [-0.15, -0.1) is 0 Å². The van der Waals surface area contributed by atoms with Crippen molar-refractivity contribution >= 4 is 23.0 Å². The largest absolute Gasteiger partial charge is 0.454 e. The highest BCUT2D eigenvalue weighted by molar-refractivity contribution is 7.80. The first kappa shape index (κ1) is 11.7. The van der Waals surface area contributed by atoms with Gasteiger partial charge in [0.05, 0.1) is 5.71 Å². The number of nitrogens with one attached hydrogen (secondary N) is 2. The van der Waals surface area contributed by atoms with Crippen molar-refractivity contribution < 1.29 is 9.47 Å². The van der Waals surface area contributed by atoms with E-state index in [2.05, 4.69) is 15.8 Å². The van der Waals surface area contributed by atoms with Crippen LogP contribution in [0.4, 0.5) is 0 Å². The molecule has 0 unspecified atom stereocenters. The Hall–Kier alpha value is -1.82. The van der Waals surface area contributed by atoms with E-state index in [-0.39, 0.29) is 6.79 Å². The molecule has 0 saturated heterocycles. The molecule has 0 saturated carbocycles. The molecule has 1 aliphatic heterocycles. The fraction of sp³-hybridized carbons (Fsp3) is 0.273. The Morgan fingerprint density at radius 2 is 2.12 bits per heavy atom. The molecular weight excluding hydrogens is 238 g/mol. The molecule has 5 nitrogen and oxygen atoms in total. The van der Waals surface area contributed by atoms with Crippen LogP contribution in [0.25, 0.3) is 0 Å². The quantitative estimate of drug-likeness (QED) is 0.470. The topological polar surface area (TPSA) is 54.9 Å². The molecule has 1 aliphatic rings. The molecule has 1 aromatic carbocycles. The maximum Gasteiger partial charge on any atom is 0.231 e. The lowest BCUT2D eigenvalue weighted by molar-refractivity contribution is 0.174. The summed E-state index contributed by atoms with van der Waals surface area (Å²) in [5.74, 6) is 1.51. The molecule has 0 aromatic heterocycles. The Labute approximate surface area is 105 Å². The lowest BCUT2D eigenvalue weighted by atomic mass is 10.1. The summed E-state index contributed by atoms with van der Waals surface area (Å²) in [6.07, 6.45) is 0. The van der Waals surface area contributed by atoms with E-state index in [4.69, 9.17) is 21.7 Å². The van der Waals surface area contributed by atoms with Crippen molar-refractivity contribution in [3.63, 3.8) is 0 Å². The summed E-state index contributed by atoms with van der Waals surface area (Å²) >= 11 is 4.93. The van der Waals surface area contributed by atoms with Gasteiger partial charge >= 0.3 is 0 Å². The van der Waals surface area contributed by atoms with E-state index in [1.54, 1.807) is 7.05 Å². The monoisotopic (exact) mass is 251 g/mol. The van der Waals surface area contributed by atoms with E-state index in [1.807, 2.05) is 25.1 Å². The number of hydrogen-bond acceptors (Lipinski definition) is 4. The minimum absolute atomic E-state index is 0.275. The highest BCUT2D eigenvalue weighted by Crippen LogP contribution is 2.32. The minimum atomic E-state index is 0.275. The zero-order chi connectivity index (χ0) is 12.3. The molecule has 0 bridgehead atoms. The van der Waals surface area contributed by atoms with Gasteiger partial charge in [0.1, 0.15) is 0 Å². The van der Waals surface area contributed by atoms with Crippen LogP contribution in [-0.2, 0) is 0 Å². The second-order valence-electron chi connectivity index (χ2n) is 3.46. The summed E-state index contributed by atoms with van der Waals surface area (Å²) in [4.78, 5) is 0. The van der Waals surface area contributed by atoms with Crippen LogP contribution in [0.5, 0.6) is 11.5 Å². The summed E-state index contributed by atoms with van der Waals surface area (Å²) in [6, 6.07) is 5.69. The predicted molar refractivity (Wildman–Crippen MR) is 69.6 cm³/mol. The molecule has 90 valence electrons. The van der Waals surface area contributed by atoms with Gasteiger partial charge in [-0.2, -0.15) is 5.10 Å². The normalized spacial score (nSPS) is 13.4. The number of ether oxygens (including phenoxy) is 2. The molecule has 0 atom stereocenters. The van der Waals surface area contributed by atoms with Gasteiger partial charge in [0.2, 0.25) is 6.79 Å². The first-order valence-corrected chi connectivity index (χ1v) is 5.53. The third-order valence-corrected chi connectivity index (χ3v) is 2.64. The Kier molecular flexibility index (Phi) is 3.43. The lowest BCUT2D eigenvalue weighted by Gasteiger charge is -2.04. The van der Waals surface area contributed by atoms with Gasteiger partial charge in [-0.3, -0.25) is 5.43 Å². The smallest absolute Gasteiger partial charge is 0.231 e. The summed E-state index contributed by atoms with van der Waals surface area (Å²) in [6.45, 7) is 2.17. The number of benzene rings is 1. The van der Waals surface area contributed by atoms with E-state index in [0.717, 1.165) is 22.8 Å². The van der Waals surface area contributed by atoms with Gasteiger partial charge in [-0.25, -0.2) is 0 Å². The van der Waals surface area contributed by atoms with Gasteiger partial charge < -0.3 is 14.8 Å². The van der Waals surface area contributed by atoms with Gasteiger partial charge in [-0.1, -0.05) is 0 Å². The van der Waals surface area contributed by atoms with E-state index < -0.39 is 0 Å². The first-order chi connectivity index (χ1) is 8.20. The molecule has 0 aliphatic carbocycles. The standard InChI is InChI=1S/C11H13N3O2S/c1-7(13-14-11(17)12-2)8-3-4-9-10(5-8)16-6-15-9/h3-5H,6H2,1-2H3,(H2,12,14,17)/b13-7+. The van der Waals surface area contributed by atoms with Crippen LogP contribution in [0.2, 0.25) is 0 Å². The van der Waals surface area contributed by atoms with E-state index in [0.29, 0.717) is 5.11 Å². The highest BCUT2D eigenvalue weighted by atomic mass is 32.1. The molecule has 17 heavy (non-hydrogen) atoms. The molecule has 0 radical (unpaired) electrons. The number of hydrogen-bond donors (Lipinski definition) is 2. The maximum atomic E-state index is 5.30. The number of nitrogens with zero attached hydrogens (tertiary/aromatic N) is 1. The SMILES string of the molecule is CNC(=S)N/N=C(\C)c1ccc2c(c1)OCO2. The maximum absolute atomic E-state index is 5.30. The summed E-state index contributed by atoms with van der Waals surface area (Å²) in [5, 5.41) is 7.42. The van der Waals surface area contributed by atoms with E-state index in [9.17, 15) is 0 Å². The molecule has 2 N–H and O–H groups in total. The third kappa shape index (κ3) is 2.65. The van der Waals surface area contributed by atoms with Gasteiger partial charge in [0.25, 0.3) is 0 Å². The molecule has 0 amide bonds. The van der Waals surface area contributed by atoms with Crippen LogP contribution in [0, 0.1) is 0 Å². The zero-order valence-electron chi connectivity index (χ0n) is 9.61. The molecule has 0 spiro atoms. The fourth-order valence-corrected chi connectivity index (χ4v) is 1.42. The van der Waals surface area contributed by atoms with Crippen LogP contribution in [0.15, 0.2) is 23.3 Å². The summed E-state index contributed by atoms with van der Waals surface area (Å²) < 4.78 is 10.5. The molecule has 6 heteroatoms. The van der Waals surface area contributed by atoms with Gasteiger partial charge in [-0.05, 0) is 37.3 Å².